The number of rotatable bonds is 14. The van der Waals surface area contributed by atoms with Gasteiger partial charge in [0.1, 0.15) is 0 Å². The standard InChI is InChI=1S/C28H47N3O4S/c1-6-8-9-10-11-27(32)29-18-16-26(17-19-29)31(21-25-14-12-24(5)13-15-25)28(33)22-30(20-23(3)4)36(34,35)7-2/h12-15,23,26H,6-11,16-22H2,1-5H3. The van der Waals surface area contributed by atoms with Crippen molar-refractivity contribution in [3.63, 3.8) is 0 Å². The molecule has 1 aromatic rings. The maximum atomic E-state index is 13.6. The van der Waals surface area contributed by atoms with Gasteiger partial charge < -0.3 is 9.80 Å². The van der Waals surface area contributed by atoms with Gasteiger partial charge in [0.2, 0.25) is 21.8 Å². The Morgan fingerprint density at radius 2 is 1.67 bits per heavy atom. The van der Waals surface area contributed by atoms with E-state index in [9.17, 15) is 18.0 Å². The summed E-state index contributed by atoms with van der Waals surface area (Å²) < 4.78 is 26.8. The fourth-order valence-electron chi connectivity index (χ4n) is 4.71. The molecular formula is C28H47N3O4S. The van der Waals surface area contributed by atoms with Crippen LogP contribution in [0.5, 0.6) is 0 Å². The number of hydrogen-bond donors (Lipinski definition) is 0. The highest BCUT2D eigenvalue weighted by Crippen LogP contribution is 2.22. The maximum absolute atomic E-state index is 13.6. The lowest BCUT2D eigenvalue weighted by molar-refractivity contribution is -0.137. The molecule has 1 aromatic carbocycles. The van der Waals surface area contributed by atoms with E-state index in [-0.39, 0.29) is 36.1 Å². The second-order valence-corrected chi connectivity index (χ2v) is 12.8. The van der Waals surface area contributed by atoms with Crippen molar-refractivity contribution in [1.82, 2.24) is 14.1 Å². The zero-order valence-electron chi connectivity index (χ0n) is 23.0. The molecule has 0 N–H and O–H groups in total. The number of sulfonamides is 1. The Hall–Kier alpha value is -1.93. The Morgan fingerprint density at radius 1 is 1.03 bits per heavy atom. The lowest BCUT2D eigenvalue weighted by atomic mass is 10.0. The average molecular weight is 522 g/mol. The van der Waals surface area contributed by atoms with E-state index >= 15 is 0 Å². The topological polar surface area (TPSA) is 78.0 Å². The molecular weight excluding hydrogens is 474 g/mol. The Balaban J connectivity index is 2.13. The van der Waals surface area contributed by atoms with Gasteiger partial charge in [-0.1, -0.05) is 69.9 Å². The lowest BCUT2D eigenvalue weighted by Gasteiger charge is -2.39. The first-order valence-corrected chi connectivity index (χ1v) is 15.3. The molecule has 0 atom stereocenters. The molecule has 0 aliphatic carbocycles. The van der Waals surface area contributed by atoms with Crippen LogP contribution >= 0.6 is 0 Å². The molecule has 1 saturated heterocycles. The fraction of sp³-hybridized carbons (Fsp3) is 0.714. The van der Waals surface area contributed by atoms with Crippen molar-refractivity contribution >= 4 is 21.8 Å². The van der Waals surface area contributed by atoms with Crippen molar-refractivity contribution in [3.8, 4) is 0 Å². The van der Waals surface area contributed by atoms with Gasteiger partial charge in [0.05, 0.1) is 12.3 Å². The Bertz CT molecular complexity index is 923. The predicted octanol–water partition coefficient (Wildman–Crippen LogP) is 4.59. The zero-order chi connectivity index (χ0) is 26.7. The molecule has 0 bridgehead atoms. The van der Waals surface area contributed by atoms with Crippen LogP contribution in [-0.4, -0.2) is 72.3 Å². The van der Waals surface area contributed by atoms with Crippen LogP contribution in [0.15, 0.2) is 24.3 Å². The number of nitrogens with zero attached hydrogens (tertiary/aromatic N) is 3. The summed E-state index contributed by atoms with van der Waals surface area (Å²) in [5.74, 6) is 0.135. The smallest absolute Gasteiger partial charge is 0.238 e. The minimum Gasteiger partial charge on any atom is -0.343 e. The summed E-state index contributed by atoms with van der Waals surface area (Å²) in [6.07, 6.45) is 6.35. The first-order chi connectivity index (χ1) is 17.1. The van der Waals surface area contributed by atoms with Gasteiger partial charge in [-0.3, -0.25) is 9.59 Å². The number of likely N-dealkylation sites (tertiary alicyclic amines) is 1. The third-order valence-electron chi connectivity index (χ3n) is 6.93. The van der Waals surface area contributed by atoms with Crippen LogP contribution in [0.4, 0.5) is 0 Å². The molecule has 0 radical (unpaired) electrons. The number of piperidine rings is 1. The van der Waals surface area contributed by atoms with Crippen molar-refractivity contribution in [2.45, 2.75) is 92.2 Å². The van der Waals surface area contributed by atoms with Crippen LogP contribution in [0.1, 0.15) is 83.8 Å². The quantitative estimate of drug-likeness (QED) is 0.336. The molecule has 36 heavy (non-hydrogen) atoms. The van der Waals surface area contributed by atoms with Crippen molar-refractivity contribution in [2.75, 3.05) is 31.9 Å². The van der Waals surface area contributed by atoms with Gasteiger partial charge in [-0.2, -0.15) is 4.31 Å². The molecule has 2 rings (SSSR count). The molecule has 1 aliphatic rings. The van der Waals surface area contributed by atoms with E-state index in [0.717, 1.165) is 36.8 Å². The van der Waals surface area contributed by atoms with Crippen LogP contribution in [0.3, 0.4) is 0 Å². The predicted molar refractivity (Wildman–Crippen MR) is 146 cm³/mol. The van der Waals surface area contributed by atoms with E-state index in [1.165, 1.54) is 4.31 Å². The molecule has 8 heteroatoms. The highest BCUT2D eigenvalue weighted by Gasteiger charge is 2.32. The minimum absolute atomic E-state index is 0.0202. The second-order valence-electron chi connectivity index (χ2n) is 10.5. The third-order valence-corrected chi connectivity index (χ3v) is 8.73. The van der Waals surface area contributed by atoms with Crippen LogP contribution < -0.4 is 0 Å². The van der Waals surface area contributed by atoms with E-state index in [4.69, 9.17) is 0 Å². The molecule has 0 spiro atoms. The monoisotopic (exact) mass is 521 g/mol. The summed E-state index contributed by atoms with van der Waals surface area (Å²) in [7, 11) is -3.49. The molecule has 0 unspecified atom stereocenters. The number of amides is 2. The van der Waals surface area contributed by atoms with E-state index in [1.807, 2.05) is 54.8 Å². The maximum Gasteiger partial charge on any atom is 0.238 e. The summed E-state index contributed by atoms with van der Waals surface area (Å²) in [5.41, 5.74) is 2.18. The highest BCUT2D eigenvalue weighted by atomic mass is 32.2. The number of aryl methyl sites for hydroxylation is 1. The fourth-order valence-corrected chi connectivity index (χ4v) is 5.90. The van der Waals surface area contributed by atoms with Crippen molar-refractivity contribution in [1.29, 1.82) is 0 Å². The molecule has 0 aromatic heterocycles. The van der Waals surface area contributed by atoms with Crippen molar-refractivity contribution in [3.05, 3.63) is 35.4 Å². The van der Waals surface area contributed by atoms with Gasteiger partial charge in [-0.05, 0) is 44.6 Å². The summed E-state index contributed by atoms with van der Waals surface area (Å²) >= 11 is 0. The van der Waals surface area contributed by atoms with Gasteiger partial charge in [-0.15, -0.1) is 0 Å². The minimum atomic E-state index is -3.49. The van der Waals surface area contributed by atoms with Crippen LogP contribution in [0.25, 0.3) is 0 Å². The average Bonchev–Trinajstić information content (AvgIpc) is 2.85. The number of benzene rings is 1. The molecule has 1 heterocycles. The summed E-state index contributed by atoms with van der Waals surface area (Å²) in [6, 6.07) is 8.10. The third kappa shape index (κ3) is 9.51. The SMILES string of the molecule is CCCCCCC(=O)N1CCC(N(Cc2ccc(C)cc2)C(=O)CN(CC(C)C)S(=O)(=O)CC)CC1. The van der Waals surface area contributed by atoms with E-state index in [1.54, 1.807) is 6.92 Å². The number of carbonyl (C=O) groups is 2. The largest absolute Gasteiger partial charge is 0.343 e. The van der Waals surface area contributed by atoms with Gasteiger partial charge in [0, 0.05) is 38.6 Å². The number of carbonyl (C=O) groups excluding carboxylic acids is 2. The first-order valence-electron chi connectivity index (χ1n) is 13.7. The Labute approximate surface area is 219 Å². The normalized spacial score (nSPS) is 15.0. The number of hydrogen-bond acceptors (Lipinski definition) is 4. The van der Waals surface area contributed by atoms with Crippen LogP contribution in [0.2, 0.25) is 0 Å². The van der Waals surface area contributed by atoms with E-state index in [2.05, 4.69) is 6.92 Å². The zero-order valence-corrected chi connectivity index (χ0v) is 23.9. The summed E-state index contributed by atoms with van der Waals surface area (Å²) in [4.78, 5) is 30.1. The molecule has 1 aliphatic heterocycles. The van der Waals surface area contributed by atoms with E-state index < -0.39 is 10.0 Å². The summed E-state index contributed by atoms with van der Waals surface area (Å²) in [6.45, 7) is 11.6. The molecule has 1 fully saturated rings. The van der Waals surface area contributed by atoms with Crippen LogP contribution in [0, 0.1) is 12.8 Å². The van der Waals surface area contributed by atoms with E-state index in [0.29, 0.717) is 45.4 Å². The lowest BCUT2D eigenvalue weighted by Crippen LogP contribution is -2.51. The summed E-state index contributed by atoms with van der Waals surface area (Å²) in [5, 5.41) is 0. The van der Waals surface area contributed by atoms with Crippen LogP contribution in [-0.2, 0) is 26.2 Å². The number of unbranched alkanes of at least 4 members (excludes halogenated alkanes) is 3. The molecule has 0 saturated carbocycles. The van der Waals surface area contributed by atoms with Gasteiger partial charge >= 0.3 is 0 Å². The van der Waals surface area contributed by atoms with Gasteiger partial charge in [0.15, 0.2) is 0 Å². The van der Waals surface area contributed by atoms with Crippen molar-refractivity contribution < 1.29 is 18.0 Å². The highest BCUT2D eigenvalue weighted by molar-refractivity contribution is 7.89. The van der Waals surface area contributed by atoms with Gasteiger partial charge in [-0.25, -0.2) is 8.42 Å². The molecule has 204 valence electrons. The molecule has 2 amide bonds. The first kappa shape index (κ1) is 30.3. The Kier molecular flexibility index (Phi) is 12.4. The molecule has 7 nitrogen and oxygen atoms in total. The van der Waals surface area contributed by atoms with Crippen molar-refractivity contribution in [2.24, 2.45) is 5.92 Å². The second kappa shape index (κ2) is 14.7. The van der Waals surface area contributed by atoms with Gasteiger partial charge in [0.25, 0.3) is 0 Å². The Morgan fingerprint density at radius 3 is 2.22 bits per heavy atom.